The van der Waals surface area contributed by atoms with E-state index in [1.807, 2.05) is 6.92 Å². The fraction of sp³-hybridized carbons (Fsp3) is 0.857. The summed E-state index contributed by atoms with van der Waals surface area (Å²) in [5, 5.41) is 12.0. The molecule has 5 nitrogen and oxygen atoms in total. The van der Waals surface area contributed by atoms with Crippen molar-refractivity contribution in [3.8, 4) is 0 Å². The maximum absolute atomic E-state index is 12.1. The van der Waals surface area contributed by atoms with E-state index in [0.717, 1.165) is 19.3 Å². The molecule has 0 spiro atoms. The Hall–Kier alpha value is -1.26. The predicted molar refractivity (Wildman–Crippen MR) is 74.0 cm³/mol. The lowest BCUT2D eigenvalue weighted by Crippen LogP contribution is -2.48. The zero-order chi connectivity index (χ0) is 14.6. The third-order valence-corrected chi connectivity index (χ3v) is 3.94. The van der Waals surface area contributed by atoms with Crippen LogP contribution in [0.1, 0.15) is 46.5 Å². The summed E-state index contributed by atoms with van der Waals surface area (Å²) in [7, 11) is 1.77. The van der Waals surface area contributed by atoms with Gasteiger partial charge in [0.2, 0.25) is 0 Å². The average Bonchev–Trinajstić information content (AvgIpc) is 2.75. The molecule has 0 saturated heterocycles. The second-order valence-corrected chi connectivity index (χ2v) is 6.02. The zero-order valence-corrected chi connectivity index (χ0v) is 12.3. The Labute approximate surface area is 115 Å². The van der Waals surface area contributed by atoms with Crippen molar-refractivity contribution in [3.63, 3.8) is 0 Å². The number of amides is 2. The fourth-order valence-corrected chi connectivity index (χ4v) is 2.73. The molecule has 19 heavy (non-hydrogen) atoms. The molecule has 0 aromatic rings. The van der Waals surface area contributed by atoms with Crippen molar-refractivity contribution in [1.82, 2.24) is 10.2 Å². The van der Waals surface area contributed by atoms with Crippen LogP contribution in [0.25, 0.3) is 0 Å². The van der Waals surface area contributed by atoms with Crippen molar-refractivity contribution in [2.75, 3.05) is 7.05 Å². The molecule has 0 heterocycles. The molecule has 3 unspecified atom stereocenters. The van der Waals surface area contributed by atoms with Crippen LogP contribution in [0.15, 0.2) is 0 Å². The smallest absolute Gasteiger partial charge is 0.317 e. The van der Waals surface area contributed by atoms with Gasteiger partial charge in [0.25, 0.3) is 0 Å². The van der Waals surface area contributed by atoms with Gasteiger partial charge in [0.15, 0.2) is 0 Å². The highest BCUT2D eigenvalue weighted by atomic mass is 16.4. The molecule has 0 aromatic carbocycles. The Morgan fingerprint density at radius 3 is 2.47 bits per heavy atom. The molecule has 1 fully saturated rings. The van der Waals surface area contributed by atoms with E-state index < -0.39 is 11.9 Å². The second-order valence-electron chi connectivity index (χ2n) is 6.02. The van der Waals surface area contributed by atoms with E-state index in [4.69, 9.17) is 5.11 Å². The Kier molecular flexibility index (Phi) is 5.63. The normalized spacial score (nSPS) is 24.3. The van der Waals surface area contributed by atoms with Crippen LogP contribution in [0.5, 0.6) is 0 Å². The van der Waals surface area contributed by atoms with Crippen LogP contribution in [-0.4, -0.2) is 41.1 Å². The predicted octanol–water partition coefficient (Wildman–Crippen LogP) is 2.32. The first-order valence-electron chi connectivity index (χ1n) is 7.09. The lowest BCUT2D eigenvalue weighted by molar-refractivity contribution is -0.142. The first-order valence-corrected chi connectivity index (χ1v) is 7.09. The molecule has 0 aliphatic heterocycles. The molecule has 1 aliphatic carbocycles. The number of aliphatic carboxylic acids is 1. The van der Waals surface area contributed by atoms with E-state index in [1.54, 1.807) is 11.9 Å². The largest absolute Gasteiger partial charge is 0.481 e. The van der Waals surface area contributed by atoms with Crippen molar-refractivity contribution >= 4 is 12.0 Å². The van der Waals surface area contributed by atoms with Gasteiger partial charge in [0.1, 0.15) is 0 Å². The summed E-state index contributed by atoms with van der Waals surface area (Å²) in [4.78, 5) is 24.9. The minimum Gasteiger partial charge on any atom is -0.481 e. The molecule has 3 atom stereocenters. The quantitative estimate of drug-likeness (QED) is 0.805. The minimum atomic E-state index is -0.805. The molecule has 0 bridgehead atoms. The Balaban J connectivity index is 2.52. The number of hydrogen-bond acceptors (Lipinski definition) is 2. The number of nitrogens with one attached hydrogen (secondary N) is 1. The summed E-state index contributed by atoms with van der Waals surface area (Å²) in [6.45, 7) is 6.27. The summed E-state index contributed by atoms with van der Waals surface area (Å²) in [6, 6.07) is -0.227. The number of hydrogen-bond donors (Lipinski definition) is 2. The summed E-state index contributed by atoms with van der Waals surface area (Å²) < 4.78 is 0. The Bertz CT molecular complexity index is 331. The molecule has 2 amide bonds. The molecule has 1 aliphatic rings. The van der Waals surface area contributed by atoms with Gasteiger partial charge in [-0.05, 0) is 32.1 Å². The van der Waals surface area contributed by atoms with Crippen LogP contribution in [0.3, 0.4) is 0 Å². The Morgan fingerprint density at radius 1 is 1.32 bits per heavy atom. The van der Waals surface area contributed by atoms with Gasteiger partial charge in [0, 0.05) is 19.1 Å². The molecule has 5 heteroatoms. The highest BCUT2D eigenvalue weighted by Gasteiger charge is 2.34. The van der Waals surface area contributed by atoms with Crippen LogP contribution in [0, 0.1) is 11.8 Å². The van der Waals surface area contributed by atoms with Crippen LogP contribution in [0.4, 0.5) is 4.79 Å². The SMILES string of the molecule is CC(C)CC(C)N(C)C(=O)NC1CCCC1C(=O)O. The van der Waals surface area contributed by atoms with Gasteiger partial charge in [0.05, 0.1) is 5.92 Å². The van der Waals surface area contributed by atoms with Gasteiger partial charge < -0.3 is 15.3 Å². The van der Waals surface area contributed by atoms with E-state index in [-0.39, 0.29) is 18.1 Å². The summed E-state index contributed by atoms with van der Waals surface area (Å²) >= 11 is 0. The fourth-order valence-electron chi connectivity index (χ4n) is 2.73. The zero-order valence-electron chi connectivity index (χ0n) is 12.3. The van der Waals surface area contributed by atoms with E-state index in [9.17, 15) is 9.59 Å². The minimum absolute atomic E-state index is 0.157. The molecule has 0 aromatic heterocycles. The van der Waals surface area contributed by atoms with E-state index in [1.165, 1.54) is 0 Å². The van der Waals surface area contributed by atoms with Gasteiger partial charge in [-0.2, -0.15) is 0 Å². The maximum Gasteiger partial charge on any atom is 0.317 e. The number of carboxylic acid groups (broad SMARTS) is 1. The molecule has 110 valence electrons. The molecule has 0 radical (unpaired) electrons. The van der Waals surface area contributed by atoms with E-state index >= 15 is 0 Å². The molecular formula is C14H26N2O3. The third kappa shape index (κ3) is 4.40. The van der Waals surface area contributed by atoms with Crippen LogP contribution < -0.4 is 5.32 Å². The number of urea groups is 1. The van der Waals surface area contributed by atoms with Crippen LogP contribution >= 0.6 is 0 Å². The van der Waals surface area contributed by atoms with Crippen molar-refractivity contribution in [2.45, 2.75) is 58.5 Å². The molecule has 2 N–H and O–H groups in total. The second kappa shape index (κ2) is 6.78. The first kappa shape index (κ1) is 15.8. The maximum atomic E-state index is 12.1. The van der Waals surface area contributed by atoms with Crippen molar-refractivity contribution < 1.29 is 14.7 Å². The highest BCUT2D eigenvalue weighted by Crippen LogP contribution is 2.26. The average molecular weight is 270 g/mol. The molecule has 1 rings (SSSR count). The summed E-state index contributed by atoms with van der Waals surface area (Å²) in [6.07, 6.45) is 3.23. The lowest BCUT2D eigenvalue weighted by Gasteiger charge is -2.29. The van der Waals surface area contributed by atoms with Gasteiger partial charge >= 0.3 is 12.0 Å². The van der Waals surface area contributed by atoms with Crippen LogP contribution in [0.2, 0.25) is 0 Å². The van der Waals surface area contributed by atoms with Crippen molar-refractivity contribution in [3.05, 3.63) is 0 Å². The monoisotopic (exact) mass is 270 g/mol. The number of nitrogens with zero attached hydrogens (tertiary/aromatic N) is 1. The van der Waals surface area contributed by atoms with E-state index in [0.29, 0.717) is 12.3 Å². The number of rotatable bonds is 5. The van der Waals surface area contributed by atoms with Gasteiger partial charge in [-0.25, -0.2) is 4.79 Å². The topological polar surface area (TPSA) is 69.6 Å². The molecular weight excluding hydrogens is 244 g/mol. The van der Waals surface area contributed by atoms with Gasteiger partial charge in [-0.1, -0.05) is 20.3 Å². The van der Waals surface area contributed by atoms with Gasteiger partial charge in [-0.3, -0.25) is 4.79 Å². The highest BCUT2D eigenvalue weighted by molar-refractivity contribution is 5.77. The standard InChI is InChI=1S/C14H26N2O3/c1-9(2)8-10(3)16(4)14(19)15-12-7-5-6-11(12)13(17)18/h9-12H,5-8H2,1-4H3,(H,15,19)(H,17,18). The van der Waals surface area contributed by atoms with Gasteiger partial charge in [-0.15, -0.1) is 0 Å². The van der Waals surface area contributed by atoms with Crippen molar-refractivity contribution in [1.29, 1.82) is 0 Å². The summed E-state index contributed by atoms with van der Waals surface area (Å²) in [5.74, 6) is -0.707. The number of carboxylic acids is 1. The van der Waals surface area contributed by atoms with Crippen LogP contribution in [-0.2, 0) is 4.79 Å². The van der Waals surface area contributed by atoms with Crippen molar-refractivity contribution in [2.24, 2.45) is 11.8 Å². The third-order valence-electron chi connectivity index (χ3n) is 3.94. The lowest BCUT2D eigenvalue weighted by atomic mass is 10.0. The summed E-state index contributed by atoms with van der Waals surface area (Å²) in [5.41, 5.74) is 0. The Morgan fingerprint density at radius 2 is 1.95 bits per heavy atom. The number of carbonyl (C=O) groups excluding carboxylic acids is 1. The first-order chi connectivity index (χ1) is 8.82. The van der Waals surface area contributed by atoms with E-state index in [2.05, 4.69) is 19.2 Å². The number of carbonyl (C=O) groups is 2. The molecule has 1 saturated carbocycles.